The van der Waals surface area contributed by atoms with Gasteiger partial charge in [-0.3, -0.25) is 0 Å². The minimum absolute atomic E-state index is 0.287. The number of hydrogen-bond donors (Lipinski definition) is 0. The molecule has 0 aliphatic carbocycles. The molecule has 0 saturated carbocycles. The van der Waals surface area contributed by atoms with E-state index in [0.717, 1.165) is 23.0 Å². The maximum absolute atomic E-state index is 6.24. The molecule has 4 nitrogen and oxygen atoms in total. The summed E-state index contributed by atoms with van der Waals surface area (Å²) in [5.74, 6) is 3.41. The Hall–Kier alpha value is -3.49. The zero-order chi connectivity index (χ0) is 33.3. The molecule has 0 atom stereocenters. The quantitative estimate of drug-likeness (QED) is 0.183. The maximum atomic E-state index is 6.24. The Bertz CT molecular complexity index is 1280. The summed E-state index contributed by atoms with van der Waals surface area (Å²) < 4.78 is 25.0. The van der Waals surface area contributed by atoms with Gasteiger partial charge in [-0.05, 0) is 0 Å². The Morgan fingerprint density at radius 2 is 0.444 bits per heavy atom. The molecule has 4 rings (SSSR count). The second-order valence-corrected chi connectivity index (χ2v) is 19.5. The molecule has 0 saturated heterocycles. The molecular formula is C40H53O4P. The summed E-state index contributed by atoms with van der Waals surface area (Å²) in [4.78, 5) is 0. The fraction of sp³-hybridized carbons (Fsp3) is 0.400. The van der Waals surface area contributed by atoms with Crippen LogP contribution in [0.1, 0.15) is 83.1 Å². The summed E-state index contributed by atoms with van der Waals surface area (Å²) in [6.07, 6.45) is 0. The Labute approximate surface area is 272 Å². The topological polar surface area (TPSA) is 36.9 Å². The van der Waals surface area contributed by atoms with Crippen LogP contribution in [-0.4, -0.2) is 22.4 Å². The van der Waals surface area contributed by atoms with Crippen molar-refractivity contribution in [3.63, 3.8) is 0 Å². The van der Waals surface area contributed by atoms with Gasteiger partial charge in [0.05, 0.1) is 0 Å². The van der Waals surface area contributed by atoms with Gasteiger partial charge in [-0.15, -0.1) is 0 Å². The Kier molecular flexibility index (Phi) is 9.72. The molecule has 0 amide bonds. The summed E-state index contributed by atoms with van der Waals surface area (Å²) in [7, 11) is -2.85. The van der Waals surface area contributed by atoms with Crippen molar-refractivity contribution in [2.24, 2.45) is 0 Å². The van der Waals surface area contributed by atoms with Crippen molar-refractivity contribution in [3.05, 3.63) is 97.1 Å². The van der Waals surface area contributed by atoms with E-state index in [1.54, 1.807) is 0 Å². The SMILES string of the molecule is CC(C)(C)Oc1ccc([PH](c2ccc(OC(C)(C)C)cc2)(c2ccc(OC(C)(C)C)cc2)c2ccc(OC(C)(C)C)cc2)cc1. The summed E-state index contributed by atoms with van der Waals surface area (Å²) in [6, 6.07) is 34.8. The molecule has 45 heavy (non-hydrogen) atoms. The first-order valence-electron chi connectivity index (χ1n) is 15.9. The number of hydrogen-bond acceptors (Lipinski definition) is 4. The molecule has 0 aliphatic heterocycles. The van der Waals surface area contributed by atoms with Crippen molar-refractivity contribution < 1.29 is 18.9 Å². The zero-order valence-electron chi connectivity index (χ0n) is 29.4. The van der Waals surface area contributed by atoms with Gasteiger partial charge < -0.3 is 0 Å². The predicted octanol–water partition coefficient (Wildman–Crippen LogP) is 8.75. The molecule has 4 aromatic carbocycles. The first kappa shape index (κ1) is 34.4. The molecule has 0 bridgehead atoms. The van der Waals surface area contributed by atoms with Crippen LogP contribution in [0.2, 0.25) is 0 Å². The van der Waals surface area contributed by atoms with Gasteiger partial charge in [0.15, 0.2) is 0 Å². The first-order valence-corrected chi connectivity index (χ1v) is 17.9. The molecule has 0 fully saturated rings. The van der Waals surface area contributed by atoms with E-state index in [1.807, 2.05) is 0 Å². The van der Waals surface area contributed by atoms with Crippen molar-refractivity contribution in [1.82, 2.24) is 0 Å². The van der Waals surface area contributed by atoms with Crippen LogP contribution in [0, 0.1) is 0 Å². The number of benzene rings is 4. The Morgan fingerprint density at radius 1 is 0.289 bits per heavy atom. The predicted molar refractivity (Wildman–Crippen MR) is 194 cm³/mol. The number of rotatable bonds is 8. The Balaban J connectivity index is 1.98. The van der Waals surface area contributed by atoms with Crippen LogP contribution in [0.15, 0.2) is 97.1 Å². The summed E-state index contributed by atoms with van der Waals surface area (Å²) in [6.45, 7) is 24.9. The second kappa shape index (κ2) is 12.7. The first-order chi connectivity index (χ1) is 20.7. The summed E-state index contributed by atoms with van der Waals surface area (Å²) in [5.41, 5.74) is -1.15. The van der Waals surface area contributed by atoms with Crippen LogP contribution < -0.4 is 40.2 Å². The molecule has 0 unspecified atom stereocenters. The van der Waals surface area contributed by atoms with Crippen molar-refractivity contribution in [1.29, 1.82) is 0 Å². The van der Waals surface area contributed by atoms with Crippen molar-refractivity contribution >= 4 is 28.5 Å². The van der Waals surface area contributed by atoms with Crippen LogP contribution in [0.25, 0.3) is 0 Å². The van der Waals surface area contributed by atoms with Crippen LogP contribution in [0.4, 0.5) is 0 Å². The van der Waals surface area contributed by atoms with E-state index >= 15 is 0 Å². The fourth-order valence-corrected chi connectivity index (χ4v) is 10.2. The van der Waals surface area contributed by atoms with E-state index in [1.165, 1.54) is 21.2 Å². The van der Waals surface area contributed by atoms with Crippen LogP contribution in [-0.2, 0) is 0 Å². The third kappa shape index (κ3) is 9.27. The van der Waals surface area contributed by atoms with Gasteiger partial charge in [0.2, 0.25) is 0 Å². The van der Waals surface area contributed by atoms with E-state index in [2.05, 4.69) is 180 Å². The third-order valence-electron chi connectivity index (χ3n) is 6.85. The fourth-order valence-electron chi connectivity index (χ4n) is 5.51. The van der Waals surface area contributed by atoms with Gasteiger partial charge in [0.25, 0.3) is 0 Å². The summed E-state index contributed by atoms with van der Waals surface area (Å²) in [5, 5.41) is 5.01. The monoisotopic (exact) mass is 628 g/mol. The average molecular weight is 629 g/mol. The van der Waals surface area contributed by atoms with E-state index in [9.17, 15) is 0 Å². The van der Waals surface area contributed by atoms with Crippen molar-refractivity contribution in [2.75, 3.05) is 0 Å². The zero-order valence-corrected chi connectivity index (χ0v) is 30.4. The van der Waals surface area contributed by atoms with Gasteiger partial charge in [-0.1, -0.05) is 0 Å². The molecule has 0 aromatic heterocycles. The van der Waals surface area contributed by atoms with E-state index in [-0.39, 0.29) is 22.4 Å². The average Bonchev–Trinajstić information content (AvgIpc) is 2.89. The van der Waals surface area contributed by atoms with Gasteiger partial charge in [-0.2, -0.15) is 0 Å². The molecule has 4 aromatic rings. The van der Waals surface area contributed by atoms with Gasteiger partial charge in [0.1, 0.15) is 0 Å². The molecular weight excluding hydrogens is 575 g/mol. The molecule has 0 heterocycles. The van der Waals surface area contributed by atoms with Crippen LogP contribution in [0.3, 0.4) is 0 Å². The standard InChI is InChI=1S/C40H53O4P/c1-37(2,3)41-29-13-21-33(22-14-29)45(34-23-15-30(16-24-34)42-38(4,5)6,35-25-17-31(18-26-35)43-39(7,8)9)36-27-19-32(20-28-36)44-40(10,11)12/h13-28,45H,1-12H3. The molecule has 0 aliphatic rings. The van der Waals surface area contributed by atoms with Gasteiger partial charge in [0, 0.05) is 0 Å². The van der Waals surface area contributed by atoms with E-state index in [4.69, 9.17) is 18.9 Å². The normalized spacial score (nSPS) is 13.2. The van der Waals surface area contributed by atoms with Crippen LogP contribution in [0.5, 0.6) is 23.0 Å². The van der Waals surface area contributed by atoms with E-state index < -0.39 is 7.26 Å². The van der Waals surface area contributed by atoms with Gasteiger partial charge in [-0.25, -0.2) is 0 Å². The Morgan fingerprint density at radius 3 is 0.578 bits per heavy atom. The third-order valence-corrected chi connectivity index (χ3v) is 11.6. The molecule has 0 spiro atoms. The summed E-state index contributed by atoms with van der Waals surface area (Å²) >= 11 is 0. The molecule has 0 radical (unpaired) electrons. The molecule has 242 valence electrons. The molecule has 0 N–H and O–H groups in total. The van der Waals surface area contributed by atoms with Crippen LogP contribution >= 0.6 is 7.26 Å². The van der Waals surface area contributed by atoms with Crippen molar-refractivity contribution in [3.8, 4) is 23.0 Å². The molecule has 5 heteroatoms. The minimum atomic E-state index is -2.85. The number of ether oxygens (including phenoxy) is 4. The van der Waals surface area contributed by atoms with Crippen molar-refractivity contribution in [2.45, 2.75) is 105 Å². The van der Waals surface area contributed by atoms with E-state index in [0.29, 0.717) is 0 Å². The second-order valence-electron chi connectivity index (χ2n) is 15.7. The van der Waals surface area contributed by atoms with Gasteiger partial charge >= 0.3 is 273 Å².